The van der Waals surface area contributed by atoms with Crippen LogP contribution >= 0.6 is 0 Å². The van der Waals surface area contributed by atoms with Crippen molar-refractivity contribution in [3.05, 3.63) is 0 Å². The molecule has 0 aromatic heterocycles. The quantitative estimate of drug-likeness (QED) is 0.496. The lowest BCUT2D eigenvalue weighted by atomic mass is 10.4. The first-order valence-electron chi connectivity index (χ1n) is 5.43. The molecule has 0 amide bonds. The van der Waals surface area contributed by atoms with Gasteiger partial charge in [0.05, 0.1) is 12.3 Å². The zero-order valence-corrected chi connectivity index (χ0v) is 11.0. The van der Waals surface area contributed by atoms with Gasteiger partial charge in [-0.05, 0) is 13.0 Å². The molecule has 0 aliphatic heterocycles. The molecule has 4 nitrogen and oxygen atoms in total. The highest BCUT2D eigenvalue weighted by Crippen LogP contribution is 2.21. The minimum atomic E-state index is -4.34. The van der Waals surface area contributed by atoms with Gasteiger partial charge >= 0.3 is 12.3 Å². The fourth-order valence-electron chi connectivity index (χ4n) is 1.01. The van der Waals surface area contributed by atoms with Crippen LogP contribution in [0.1, 0.15) is 20.3 Å². The van der Waals surface area contributed by atoms with Crippen LogP contribution in [0.4, 0.5) is 17.6 Å². The highest BCUT2D eigenvalue weighted by molar-refractivity contribution is 7.89. The van der Waals surface area contributed by atoms with E-state index >= 15 is 0 Å². The smallest absolute Gasteiger partial charge is 0.314 e. The van der Waals surface area contributed by atoms with Gasteiger partial charge in [0.15, 0.2) is 0 Å². The second kappa shape index (κ2) is 7.25. The van der Waals surface area contributed by atoms with E-state index in [0.717, 1.165) is 0 Å². The number of rotatable bonds is 9. The van der Waals surface area contributed by atoms with Crippen molar-refractivity contribution in [2.45, 2.75) is 38.7 Å². The van der Waals surface area contributed by atoms with Crippen molar-refractivity contribution in [1.82, 2.24) is 10.0 Å². The molecule has 0 radical (unpaired) electrons. The molecule has 0 unspecified atom stereocenters. The first-order valence-corrected chi connectivity index (χ1v) is 7.09. The summed E-state index contributed by atoms with van der Waals surface area (Å²) in [5.41, 5.74) is 0. The molecule has 0 aromatic rings. The van der Waals surface area contributed by atoms with Crippen LogP contribution in [0.5, 0.6) is 0 Å². The van der Waals surface area contributed by atoms with Crippen LogP contribution in [0, 0.1) is 0 Å². The van der Waals surface area contributed by atoms with Gasteiger partial charge in [0, 0.05) is 6.04 Å². The average molecular weight is 294 g/mol. The summed E-state index contributed by atoms with van der Waals surface area (Å²) in [4.78, 5) is 0. The fraction of sp³-hybridized carbons (Fsp3) is 1.00. The van der Waals surface area contributed by atoms with Crippen LogP contribution < -0.4 is 10.0 Å². The molecular formula is C9H18F4N2O2S. The Bertz CT molecular complexity index is 333. The molecule has 9 heteroatoms. The molecule has 0 aromatic carbocycles. The largest absolute Gasteiger partial charge is 0.320 e. The summed E-state index contributed by atoms with van der Waals surface area (Å²) in [6, 6.07) is 0.184. The van der Waals surface area contributed by atoms with Gasteiger partial charge in [-0.3, -0.25) is 0 Å². The van der Waals surface area contributed by atoms with E-state index < -0.39 is 28.9 Å². The first-order chi connectivity index (χ1) is 8.07. The Morgan fingerprint density at radius 2 is 1.78 bits per heavy atom. The van der Waals surface area contributed by atoms with Gasteiger partial charge in [-0.1, -0.05) is 13.8 Å². The van der Waals surface area contributed by atoms with E-state index in [1.54, 1.807) is 0 Å². The minimum Gasteiger partial charge on any atom is -0.314 e. The molecule has 110 valence electrons. The summed E-state index contributed by atoms with van der Waals surface area (Å²) < 4.78 is 72.5. The number of nitrogens with one attached hydrogen (secondary N) is 2. The third-order valence-electron chi connectivity index (χ3n) is 1.99. The van der Waals surface area contributed by atoms with E-state index in [2.05, 4.69) is 5.32 Å². The third-order valence-corrected chi connectivity index (χ3v) is 3.40. The topological polar surface area (TPSA) is 58.2 Å². The highest BCUT2D eigenvalue weighted by Gasteiger charge is 2.41. The van der Waals surface area contributed by atoms with Gasteiger partial charge in [-0.25, -0.2) is 21.9 Å². The van der Waals surface area contributed by atoms with E-state index in [-0.39, 0.29) is 18.2 Å². The second-order valence-corrected chi connectivity index (χ2v) is 6.09. The summed E-state index contributed by atoms with van der Waals surface area (Å²) >= 11 is 0. The summed E-state index contributed by atoms with van der Waals surface area (Å²) in [6.45, 7) is 2.57. The molecule has 0 fully saturated rings. The number of sulfonamides is 1. The summed E-state index contributed by atoms with van der Waals surface area (Å²) in [6.07, 6.45) is -3.67. The van der Waals surface area contributed by atoms with Gasteiger partial charge in [-0.15, -0.1) is 0 Å². The molecule has 0 aliphatic carbocycles. The number of alkyl halides is 4. The average Bonchev–Trinajstić information content (AvgIpc) is 2.22. The molecule has 0 saturated carbocycles. The van der Waals surface area contributed by atoms with Gasteiger partial charge in [-0.2, -0.15) is 8.78 Å². The van der Waals surface area contributed by atoms with Crippen LogP contribution in [0.15, 0.2) is 0 Å². The van der Waals surface area contributed by atoms with Gasteiger partial charge in [0.1, 0.15) is 0 Å². The maximum atomic E-state index is 12.5. The predicted octanol–water partition coefficient (Wildman–Crippen LogP) is 1.19. The standard InChI is InChI=1S/C9H18F4N2O2S/c1-7(2)14-4-3-5-18(16,17)15-6-9(12,13)8(10)11/h7-8,14-15H,3-6H2,1-2H3. The summed E-state index contributed by atoms with van der Waals surface area (Å²) in [7, 11) is -3.95. The van der Waals surface area contributed by atoms with Crippen molar-refractivity contribution in [2.24, 2.45) is 0 Å². The minimum absolute atomic E-state index is 0.184. The van der Waals surface area contributed by atoms with Crippen LogP contribution in [0.3, 0.4) is 0 Å². The predicted molar refractivity (Wildman–Crippen MR) is 60.5 cm³/mol. The van der Waals surface area contributed by atoms with E-state index in [0.29, 0.717) is 6.54 Å². The Hall–Kier alpha value is -0.410. The highest BCUT2D eigenvalue weighted by atomic mass is 32.2. The van der Waals surface area contributed by atoms with Crippen molar-refractivity contribution in [1.29, 1.82) is 0 Å². The van der Waals surface area contributed by atoms with Crippen LogP contribution in [0.25, 0.3) is 0 Å². The van der Waals surface area contributed by atoms with E-state index in [1.807, 2.05) is 13.8 Å². The molecular weight excluding hydrogens is 276 g/mol. The monoisotopic (exact) mass is 294 g/mol. The zero-order valence-electron chi connectivity index (χ0n) is 10.2. The number of hydrogen-bond acceptors (Lipinski definition) is 3. The lowest BCUT2D eigenvalue weighted by Gasteiger charge is -2.16. The third kappa shape index (κ3) is 7.83. The van der Waals surface area contributed by atoms with Crippen LogP contribution in [-0.2, 0) is 10.0 Å². The van der Waals surface area contributed by atoms with Crippen LogP contribution in [-0.4, -0.2) is 45.6 Å². The Labute approximate surface area is 104 Å². The molecule has 0 spiro atoms. The Balaban J connectivity index is 4.02. The van der Waals surface area contributed by atoms with E-state index in [9.17, 15) is 26.0 Å². The Morgan fingerprint density at radius 3 is 2.22 bits per heavy atom. The van der Waals surface area contributed by atoms with Crippen LogP contribution in [0.2, 0.25) is 0 Å². The van der Waals surface area contributed by atoms with Crippen molar-refractivity contribution in [3.63, 3.8) is 0 Å². The summed E-state index contributed by atoms with van der Waals surface area (Å²) in [5, 5.41) is 2.95. The SMILES string of the molecule is CC(C)NCCCS(=O)(=O)NCC(F)(F)C(F)F. The van der Waals surface area contributed by atoms with Crippen molar-refractivity contribution in [2.75, 3.05) is 18.8 Å². The fourth-order valence-corrected chi connectivity index (χ4v) is 2.09. The van der Waals surface area contributed by atoms with Crippen molar-refractivity contribution < 1.29 is 26.0 Å². The molecule has 0 saturated heterocycles. The van der Waals surface area contributed by atoms with E-state index in [1.165, 1.54) is 4.72 Å². The lowest BCUT2D eigenvalue weighted by Crippen LogP contribution is -2.42. The first kappa shape index (κ1) is 17.6. The van der Waals surface area contributed by atoms with Gasteiger partial charge in [0.25, 0.3) is 0 Å². The Kier molecular flexibility index (Phi) is 7.08. The second-order valence-electron chi connectivity index (χ2n) is 4.16. The number of halogens is 4. The zero-order chi connectivity index (χ0) is 14.4. The Morgan fingerprint density at radius 1 is 1.22 bits per heavy atom. The van der Waals surface area contributed by atoms with Crippen molar-refractivity contribution in [3.8, 4) is 0 Å². The molecule has 0 bridgehead atoms. The summed E-state index contributed by atoms with van der Waals surface area (Å²) in [5.74, 6) is -4.73. The molecule has 0 rings (SSSR count). The molecule has 0 heterocycles. The maximum Gasteiger partial charge on any atom is 0.320 e. The number of hydrogen-bond donors (Lipinski definition) is 2. The molecule has 2 N–H and O–H groups in total. The maximum absolute atomic E-state index is 12.5. The van der Waals surface area contributed by atoms with Gasteiger partial charge in [0.2, 0.25) is 10.0 Å². The van der Waals surface area contributed by atoms with Gasteiger partial charge < -0.3 is 5.32 Å². The van der Waals surface area contributed by atoms with E-state index in [4.69, 9.17) is 0 Å². The molecule has 0 atom stereocenters. The normalized spacial score (nSPS) is 13.6. The lowest BCUT2D eigenvalue weighted by molar-refractivity contribution is -0.122. The van der Waals surface area contributed by atoms with Crippen molar-refractivity contribution >= 4 is 10.0 Å². The molecule has 0 aliphatic rings. The molecule has 18 heavy (non-hydrogen) atoms.